The highest BCUT2D eigenvalue weighted by Gasteiger charge is 2.33. The molecule has 0 aromatic rings. The lowest BCUT2D eigenvalue weighted by Gasteiger charge is -2.27. The van der Waals surface area contributed by atoms with Gasteiger partial charge in [-0.15, -0.1) is 0 Å². The van der Waals surface area contributed by atoms with Crippen LogP contribution in [0, 0.1) is 5.41 Å². The molecule has 0 amide bonds. The Morgan fingerprint density at radius 3 is 1.79 bits per heavy atom. The molecule has 0 saturated carbocycles. The van der Waals surface area contributed by atoms with Gasteiger partial charge in [-0.25, -0.2) is 0 Å². The molecule has 0 atom stereocenters. The van der Waals surface area contributed by atoms with Gasteiger partial charge in [-0.3, -0.25) is 9.59 Å². The van der Waals surface area contributed by atoms with E-state index in [1.807, 2.05) is 20.8 Å². The Hall–Kier alpha value is -0.860. The molecular formula is C11H20O3. The average molecular weight is 200 g/mol. The van der Waals surface area contributed by atoms with Crippen LogP contribution in [0.25, 0.3) is 0 Å². The van der Waals surface area contributed by atoms with Gasteiger partial charge < -0.3 is 4.74 Å². The number of hydrogen-bond donors (Lipinski definition) is 0. The molecule has 0 aromatic heterocycles. The molecule has 0 saturated heterocycles. The van der Waals surface area contributed by atoms with Crippen LogP contribution in [0.3, 0.4) is 0 Å². The molecule has 0 aliphatic heterocycles. The van der Waals surface area contributed by atoms with Gasteiger partial charge in [0.25, 0.3) is 0 Å². The summed E-state index contributed by atoms with van der Waals surface area (Å²) in [5, 5.41) is 0. The average Bonchev–Trinajstić information content (AvgIpc) is 1.79. The summed E-state index contributed by atoms with van der Waals surface area (Å²) in [5.41, 5.74) is -1.22. The van der Waals surface area contributed by atoms with Crippen molar-refractivity contribution in [2.24, 2.45) is 5.41 Å². The Kier molecular flexibility index (Phi) is 3.86. The number of ketones is 1. The zero-order valence-corrected chi connectivity index (χ0v) is 9.93. The molecule has 0 aliphatic carbocycles. The van der Waals surface area contributed by atoms with E-state index in [9.17, 15) is 9.59 Å². The molecule has 0 bridgehead atoms. The van der Waals surface area contributed by atoms with E-state index in [0.717, 1.165) is 0 Å². The standard InChI is InChI=1S/C11H20O3/c1-8(12)7-11(5,6)9(13)14-10(2,3)4/h7H2,1-6H3. The maximum atomic E-state index is 11.6. The maximum absolute atomic E-state index is 11.6. The lowest BCUT2D eigenvalue weighted by molar-refractivity contribution is -0.166. The van der Waals surface area contributed by atoms with E-state index >= 15 is 0 Å². The van der Waals surface area contributed by atoms with Gasteiger partial charge in [0.1, 0.15) is 11.4 Å². The summed E-state index contributed by atoms with van der Waals surface area (Å²) in [6.07, 6.45) is 0.224. The van der Waals surface area contributed by atoms with Crippen molar-refractivity contribution >= 4 is 11.8 Å². The zero-order valence-electron chi connectivity index (χ0n) is 9.93. The van der Waals surface area contributed by atoms with Crippen molar-refractivity contribution in [1.29, 1.82) is 0 Å². The van der Waals surface area contributed by atoms with Crippen LogP contribution in [0.5, 0.6) is 0 Å². The summed E-state index contributed by atoms with van der Waals surface area (Å²) in [5.74, 6) is -0.318. The second-order valence-corrected chi connectivity index (χ2v) is 5.26. The van der Waals surface area contributed by atoms with Gasteiger partial charge in [-0.2, -0.15) is 0 Å². The van der Waals surface area contributed by atoms with Crippen LogP contribution >= 0.6 is 0 Å². The summed E-state index contributed by atoms with van der Waals surface area (Å²) >= 11 is 0. The van der Waals surface area contributed by atoms with Crippen molar-refractivity contribution in [2.45, 2.75) is 53.6 Å². The van der Waals surface area contributed by atoms with E-state index < -0.39 is 11.0 Å². The number of carbonyl (C=O) groups excluding carboxylic acids is 2. The zero-order chi connectivity index (χ0) is 11.6. The van der Waals surface area contributed by atoms with Crippen molar-refractivity contribution in [3.63, 3.8) is 0 Å². The molecule has 0 heterocycles. The Morgan fingerprint density at radius 2 is 1.50 bits per heavy atom. The molecule has 0 N–H and O–H groups in total. The second-order valence-electron chi connectivity index (χ2n) is 5.26. The van der Waals surface area contributed by atoms with Crippen LogP contribution in [-0.4, -0.2) is 17.4 Å². The second kappa shape index (κ2) is 4.11. The summed E-state index contributed by atoms with van der Waals surface area (Å²) in [4.78, 5) is 22.6. The van der Waals surface area contributed by atoms with Gasteiger partial charge in [-0.05, 0) is 41.5 Å². The molecule has 3 nitrogen and oxygen atoms in total. The van der Waals surface area contributed by atoms with E-state index in [2.05, 4.69) is 0 Å². The van der Waals surface area contributed by atoms with Gasteiger partial charge in [0, 0.05) is 6.42 Å². The predicted molar refractivity (Wildman–Crippen MR) is 54.9 cm³/mol. The third-order valence-corrected chi connectivity index (χ3v) is 1.64. The topological polar surface area (TPSA) is 43.4 Å². The first-order valence-corrected chi connectivity index (χ1v) is 4.77. The summed E-state index contributed by atoms with van der Waals surface area (Å²) < 4.78 is 5.21. The number of ether oxygens (including phenoxy) is 1. The highest BCUT2D eigenvalue weighted by Crippen LogP contribution is 2.25. The Bertz CT molecular complexity index is 233. The highest BCUT2D eigenvalue weighted by molar-refractivity contribution is 5.85. The van der Waals surface area contributed by atoms with Crippen molar-refractivity contribution in [3.8, 4) is 0 Å². The van der Waals surface area contributed by atoms with Crippen LogP contribution in [0.1, 0.15) is 48.0 Å². The minimum Gasteiger partial charge on any atom is -0.460 e. The number of rotatable bonds is 3. The third kappa shape index (κ3) is 5.00. The Morgan fingerprint density at radius 1 is 1.07 bits per heavy atom. The van der Waals surface area contributed by atoms with Crippen LogP contribution in [-0.2, 0) is 14.3 Å². The molecule has 3 heteroatoms. The quantitative estimate of drug-likeness (QED) is 0.657. The minimum absolute atomic E-state index is 0.000796. The van der Waals surface area contributed by atoms with Crippen LogP contribution in [0.2, 0.25) is 0 Å². The van der Waals surface area contributed by atoms with Crippen molar-refractivity contribution in [3.05, 3.63) is 0 Å². The Labute approximate surface area is 85.8 Å². The molecule has 0 aliphatic rings. The fourth-order valence-corrected chi connectivity index (χ4v) is 1.11. The first kappa shape index (κ1) is 13.1. The van der Waals surface area contributed by atoms with Crippen LogP contribution in [0.15, 0.2) is 0 Å². The van der Waals surface area contributed by atoms with E-state index in [4.69, 9.17) is 4.74 Å². The Balaban J connectivity index is 4.44. The first-order valence-electron chi connectivity index (χ1n) is 4.77. The fourth-order valence-electron chi connectivity index (χ4n) is 1.11. The van der Waals surface area contributed by atoms with Gasteiger partial charge >= 0.3 is 5.97 Å². The number of carbonyl (C=O) groups is 2. The number of Topliss-reactive ketones (excluding diaryl/α,β-unsaturated/α-hetero) is 1. The number of hydrogen-bond acceptors (Lipinski definition) is 3. The van der Waals surface area contributed by atoms with E-state index in [1.54, 1.807) is 13.8 Å². The first-order chi connectivity index (χ1) is 6.04. The summed E-state index contributed by atoms with van der Waals surface area (Å²) in [7, 11) is 0. The SMILES string of the molecule is CC(=O)CC(C)(C)C(=O)OC(C)(C)C. The van der Waals surface area contributed by atoms with Gasteiger partial charge in [0.2, 0.25) is 0 Å². The molecule has 0 rings (SSSR count). The minimum atomic E-state index is -0.723. The predicted octanol–water partition coefficient (Wildman–Crippen LogP) is 2.33. The molecule has 0 unspecified atom stereocenters. The molecule has 0 aromatic carbocycles. The fraction of sp³-hybridized carbons (Fsp3) is 0.818. The highest BCUT2D eigenvalue weighted by atomic mass is 16.6. The van der Waals surface area contributed by atoms with Gasteiger partial charge in [0.05, 0.1) is 5.41 Å². The smallest absolute Gasteiger partial charge is 0.312 e. The number of esters is 1. The maximum Gasteiger partial charge on any atom is 0.312 e. The lowest BCUT2D eigenvalue weighted by Crippen LogP contribution is -2.35. The molecule has 0 fully saturated rings. The van der Waals surface area contributed by atoms with Crippen LogP contribution in [0.4, 0.5) is 0 Å². The van der Waals surface area contributed by atoms with Crippen LogP contribution < -0.4 is 0 Å². The molecule has 0 radical (unpaired) electrons. The molecule has 82 valence electrons. The molecular weight excluding hydrogens is 180 g/mol. The lowest BCUT2D eigenvalue weighted by atomic mass is 9.87. The summed E-state index contributed by atoms with van der Waals surface area (Å²) in [6.45, 7) is 10.4. The van der Waals surface area contributed by atoms with E-state index in [0.29, 0.717) is 0 Å². The largest absolute Gasteiger partial charge is 0.460 e. The van der Waals surface area contributed by atoms with Gasteiger partial charge in [0.15, 0.2) is 0 Å². The van der Waals surface area contributed by atoms with Gasteiger partial charge in [-0.1, -0.05) is 0 Å². The summed E-state index contributed by atoms with van der Waals surface area (Å²) in [6, 6.07) is 0. The molecule has 14 heavy (non-hydrogen) atoms. The normalized spacial score (nSPS) is 12.4. The van der Waals surface area contributed by atoms with E-state index in [1.165, 1.54) is 6.92 Å². The van der Waals surface area contributed by atoms with Crippen molar-refractivity contribution in [2.75, 3.05) is 0 Å². The van der Waals surface area contributed by atoms with Crippen molar-refractivity contribution in [1.82, 2.24) is 0 Å². The monoisotopic (exact) mass is 200 g/mol. The van der Waals surface area contributed by atoms with E-state index in [-0.39, 0.29) is 18.2 Å². The molecule has 0 spiro atoms. The third-order valence-electron chi connectivity index (χ3n) is 1.64. The van der Waals surface area contributed by atoms with Crippen molar-refractivity contribution < 1.29 is 14.3 Å².